The van der Waals surface area contributed by atoms with E-state index >= 15 is 0 Å². The third-order valence-electron chi connectivity index (χ3n) is 3.97. The van der Waals surface area contributed by atoms with E-state index in [-0.39, 0.29) is 18.1 Å². The van der Waals surface area contributed by atoms with Crippen LogP contribution in [0, 0.1) is 5.82 Å². The highest BCUT2D eigenvalue weighted by Gasteiger charge is 2.09. The van der Waals surface area contributed by atoms with Gasteiger partial charge in [0.2, 0.25) is 0 Å². The molecule has 142 valence electrons. The lowest BCUT2D eigenvalue weighted by molar-refractivity contribution is -0.117. The normalized spacial score (nSPS) is 11.9. The minimum absolute atomic E-state index is 0.194. The monoisotopic (exact) mass is 388 g/mol. The Kier molecular flexibility index (Phi) is 6.36. The van der Waals surface area contributed by atoms with Crippen LogP contribution in [-0.4, -0.2) is 30.8 Å². The first-order chi connectivity index (χ1) is 13.1. The average molecular weight is 388 g/mol. The zero-order chi connectivity index (χ0) is 19.2. The molecule has 3 aromatic rings. The van der Waals surface area contributed by atoms with Crippen molar-refractivity contribution < 1.29 is 18.7 Å². The number of carbonyl (C=O) groups excluding carboxylic acids is 1. The van der Waals surface area contributed by atoms with Gasteiger partial charge >= 0.3 is 0 Å². The van der Waals surface area contributed by atoms with Crippen LogP contribution in [0.2, 0.25) is 0 Å². The van der Waals surface area contributed by atoms with Crippen LogP contribution in [0.15, 0.2) is 47.5 Å². The van der Waals surface area contributed by atoms with Crippen LogP contribution >= 0.6 is 11.3 Å². The SMILES string of the molecule is CCOc1ccc(CC(=O)N=c2sc3cc(F)ccc3n2CCOC)cc1. The number of fused-ring (bicyclic) bond motifs is 1. The Morgan fingerprint density at radius 2 is 2.00 bits per heavy atom. The molecular formula is C20H21FN2O3S. The van der Waals surface area contributed by atoms with Gasteiger partial charge in [-0.3, -0.25) is 4.79 Å². The predicted molar refractivity (Wildman–Crippen MR) is 104 cm³/mol. The first-order valence-electron chi connectivity index (χ1n) is 8.68. The number of methoxy groups -OCH3 is 1. The number of hydrogen-bond acceptors (Lipinski definition) is 4. The topological polar surface area (TPSA) is 52.8 Å². The van der Waals surface area contributed by atoms with Crippen LogP contribution in [0.5, 0.6) is 5.75 Å². The van der Waals surface area contributed by atoms with E-state index in [1.165, 1.54) is 23.5 Å². The Morgan fingerprint density at radius 1 is 1.22 bits per heavy atom. The molecule has 1 heterocycles. The molecule has 0 saturated carbocycles. The molecule has 27 heavy (non-hydrogen) atoms. The molecule has 0 atom stereocenters. The first-order valence-corrected chi connectivity index (χ1v) is 9.49. The highest BCUT2D eigenvalue weighted by Crippen LogP contribution is 2.19. The van der Waals surface area contributed by atoms with Crippen molar-refractivity contribution in [1.82, 2.24) is 4.57 Å². The minimum Gasteiger partial charge on any atom is -0.494 e. The first kappa shape index (κ1) is 19.3. The maximum atomic E-state index is 13.5. The fourth-order valence-electron chi connectivity index (χ4n) is 2.72. The second-order valence-corrected chi connectivity index (χ2v) is 6.91. The largest absolute Gasteiger partial charge is 0.494 e. The molecule has 0 aliphatic carbocycles. The smallest absolute Gasteiger partial charge is 0.252 e. The molecule has 5 nitrogen and oxygen atoms in total. The summed E-state index contributed by atoms with van der Waals surface area (Å²) in [5.41, 5.74) is 1.70. The van der Waals surface area contributed by atoms with Gasteiger partial charge in [-0.2, -0.15) is 4.99 Å². The van der Waals surface area contributed by atoms with Crippen molar-refractivity contribution in [3.05, 3.63) is 58.6 Å². The lowest BCUT2D eigenvalue weighted by Gasteiger charge is -2.05. The lowest BCUT2D eigenvalue weighted by Crippen LogP contribution is -2.19. The Hall–Kier alpha value is -2.51. The third kappa shape index (κ3) is 4.81. The van der Waals surface area contributed by atoms with Crippen molar-refractivity contribution in [2.75, 3.05) is 20.3 Å². The van der Waals surface area contributed by atoms with Gasteiger partial charge in [0.1, 0.15) is 11.6 Å². The summed E-state index contributed by atoms with van der Waals surface area (Å²) < 4.78 is 26.7. The summed E-state index contributed by atoms with van der Waals surface area (Å²) in [4.78, 5) is 17.3. The number of halogens is 1. The van der Waals surface area contributed by atoms with Crippen molar-refractivity contribution in [2.45, 2.75) is 19.9 Å². The second-order valence-electron chi connectivity index (χ2n) is 5.90. The van der Waals surface area contributed by atoms with Crippen molar-refractivity contribution in [1.29, 1.82) is 0 Å². The van der Waals surface area contributed by atoms with E-state index < -0.39 is 0 Å². The van der Waals surface area contributed by atoms with Gasteiger partial charge in [-0.1, -0.05) is 23.5 Å². The summed E-state index contributed by atoms with van der Waals surface area (Å²) in [6, 6.07) is 12.0. The lowest BCUT2D eigenvalue weighted by atomic mass is 10.1. The summed E-state index contributed by atoms with van der Waals surface area (Å²) in [6.07, 6.45) is 0.194. The molecule has 0 aliphatic rings. The van der Waals surface area contributed by atoms with Gasteiger partial charge in [0.05, 0.1) is 29.9 Å². The number of carbonyl (C=O) groups is 1. The molecular weight excluding hydrogens is 367 g/mol. The summed E-state index contributed by atoms with van der Waals surface area (Å²) in [6.45, 7) is 3.54. The summed E-state index contributed by atoms with van der Waals surface area (Å²) in [7, 11) is 1.61. The number of benzene rings is 2. The maximum absolute atomic E-state index is 13.5. The molecule has 1 aromatic heterocycles. The van der Waals surface area contributed by atoms with Gasteiger partial charge in [0.15, 0.2) is 4.80 Å². The molecule has 0 saturated heterocycles. The van der Waals surface area contributed by atoms with Crippen molar-refractivity contribution in [2.24, 2.45) is 4.99 Å². The van der Waals surface area contributed by atoms with Gasteiger partial charge in [0.25, 0.3) is 5.91 Å². The zero-order valence-electron chi connectivity index (χ0n) is 15.3. The molecule has 0 bridgehead atoms. The Bertz CT molecular complexity index is 993. The number of rotatable bonds is 7. The standard InChI is InChI=1S/C20H21FN2O3S/c1-3-26-16-7-4-14(5-8-16)12-19(24)22-20-23(10-11-25-2)17-9-6-15(21)13-18(17)27-20/h4-9,13H,3,10-12H2,1-2H3. The highest BCUT2D eigenvalue weighted by molar-refractivity contribution is 7.16. The molecule has 0 spiro atoms. The third-order valence-corrected chi connectivity index (χ3v) is 5.02. The van der Waals surface area contributed by atoms with Crippen LogP contribution in [0.1, 0.15) is 12.5 Å². The fourth-order valence-corrected chi connectivity index (χ4v) is 3.82. The number of aromatic nitrogens is 1. The Balaban J connectivity index is 1.88. The van der Waals surface area contributed by atoms with Crippen molar-refractivity contribution >= 4 is 27.5 Å². The van der Waals surface area contributed by atoms with Crippen LogP contribution in [0.4, 0.5) is 4.39 Å². The predicted octanol–water partition coefficient (Wildman–Crippen LogP) is 3.56. The van der Waals surface area contributed by atoms with E-state index in [0.717, 1.165) is 21.5 Å². The molecule has 2 aromatic carbocycles. The molecule has 1 amide bonds. The van der Waals surface area contributed by atoms with Gasteiger partial charge < -0.3 is 14.0 Å². The number of nitrogens with zero attached hydrogens (tertiary/aromatic N) is 2. The van der Waals surface area contributed by atoms with Gasteiger partial charge in [-0.25, -0.2) is 4.39 Å². The number of thiazole rings is 1. The Labute approximate surface area is 160 Å². The number of ether oxygens (including phenoxy) is 2. The van der Waals surface area contributed by atoms with E-state index in [1.54, 1.807) is 13.2 Å². The maximum Gasteiger partial charge on any atom is 0.252 e. The molecule has 7 heteroatoms. The molecule has 0 aliphatic heterocycles. The number of amides is 1. The quantitative estimate of drug-likeness (QED) is 0.622. The summed E-state index contributed by atoms with van der Waals surface area (Å²) in [5.74, 6) is 0.210. The highest BCUT2D eigenvalue weighted by atomic mass is 32.1. The molecule has 0 fully saturated rings. The van der Waals surface area contributed by atoms with Crippen LogP contribution < -0.4 is 9.54 Å². The van der Waals surface area contributed by atoms with E-state index in [0.29, 0.717) is 24.6 Å². The van der Waals surface area contributed by atoms with Crippen molar-refractivity contribution in [3.63, 3.8) is 0 Å². The zero-order valence-corrected chi connectivity index (χ0v) is 16.1. The van der Waals surface area contributed by atoms with Crippen LogP contribution in [0.25, 0.3) is 10.2 Å². The Morgan fingerprint density at radius 3 is 2.70 bits per heavy atom. The molecule has 0 N–H and O–H groups in total. The van der Waals surface area contributed by atoms with E-state index in [4.69, 9.17) is 9.47 Å². The molecule has 0 radical (unpaired) electrons. The molecule has 3 rings (SSSR count). The van der Waals surface area contributed by atoms with Gasteiger partial charge in [-0.05, 0) is 42.8 Å². The summed E-state index contributed by atoms with van der Waals surface area (Å²) >= 11 is 1.30. The average Bonchev–Trinajstić information content (AvgIpc) is 2.97. The van der Waals surface area contributed by atoms with E-state index in [9.17, 15) is 9.18 Å². The van der Waals surface area contributed by atoms with E-state index in [1.807, 2.05) is 35.8 Å². The second kappa shape index (κ2) is 8.92. The van der Waals surface area contributed by atoms with Crippen LogP contribution in [-0.2, 0) is 22.5 Å². The fraction of sp³-hybridized carbons (Fsp3) is 0.300. The van der Waals surface area contributed by atoms with Crippen LogP contribution in [0.3, 0.4) is 0 Å². The molecule has 0 unspecified atom stereocenters. The van der Waals surface area contributed by atoms with Crippen molar-refractivity contribution in [3.8, 4) is 5.75 Å². The minimum atomic E-state index is -0.310. The van der Waals surface area contributed by atoms with E-state index in [2.05, 4.69) is 4.99 Å². The van der Waals surface area contributed by atoms with Gasteiger partial charge in [-0.15, -0.1) is 0 Å². The summed E-state index contributed by atoms with van der Waals surface area (Å²) in [5, 5.41) is 0. The number of hydrogen-bond donors (Lipinski definition) is 0. The van der Waals surface area contributed by atoms with Gasteiger partial charge in [0, 0.05) is 13.7 Å².